The summed E-state index contributed by atoms with van der Waals surface area (Å²) in [6, 6.07) is 14.5. The van der Waals surface area contributed by atoms with E-state index in [9.17, 15) is 8.42 Å². The van der Waals surface area contributed by atoms with Crippen LogP contribution in [0.1, 0.15) is 47.9 Å². The largest absolute Gasteiger partial charge is 0.496 e. The third kappa shape index (κ3) is 5.69. The second-order valence-electron chi connectivity index (χ2n) is 8.47. The molecule has 0 radical (unpaired) electrons. The van der Waals surface area contributed by atoms with Crippen LogP contribution in [0.2, 0.25) is 0 Å². The van der Waals surface area contributed by atoms with Crippen molar-refractivity contribution in [2.24, 2.45) is 0 Å². The maximum atomic E-state index is 12.9. The minimum Gasteiger partial charge on any atom is -0.496 e. The summed E-state index contributed by atoms with van der Waals surface area (Å²) in [6.45, 7) is 3.04. The van der Waals surface area contributed by atoms with Gasteiger partial charge >= 0.3 is 0 Å². The molecule has 0 aliphatic carbocycles. The molecule has 4 atom stereocenters. The molecule has 1 saturated heterocycles. The molecule has 2 heterocycles. The molecule has 6 nitrogen and oxygen atoms in total. The average Bonchev–Trinajstić information content (AvgIpc) is 3.10. The number of nitrogens with one attached hydrogen (secondary N) is 3. The Morgan fingerprint density at radius 2 is 1.88 bits per heavy atom. The number of sulfone groups is 1. The van der Waals surface area contributed by atoms with Crippen molar-refractivity contribution in [3.8, 4) is 5.75 Å². The van der Waals surface area contributed by atoms with E-state index in [2.05, 4.69) is 35.0 Å². The second-order valence-corrected chi connectivity index (χ2v) is 10.6. The van der Waals surface area contributed by atoms with Crippen LogP contribution in [-0.2, 0) is 16.3 Å². The number of halogens is 2. The number of methoxy groups -OCH3 is 1. The van der Waals surface area contributed by atoms with Crippen molar-refractivity contribution < 1.29 is 13.2 Å². The molecule has 0 bridgehead atoms. The van der Waals surface area contributed by atoms with Crippen LogP contribution in [0, 0.1) is 0 Å². The van der Waals surface area contributed by atoms with E-state index in [0.29, 0.717) is 17.4 Å². The molecule has 0 amide bonds. The van der Waals surface area contributed by atoms with Crippen LogP contribution in [0.4, 0.5) is 5.69 Å². The summed E-state index contributed by atoms with van der Waals surface area (Å²) < 4.78 is 31.5. The summed E-state index contributed by atoms with van der Waals surface area (Å²) in [5, 5.41) is 9.65. The molecule has 1 fully saturated rings. The number of fused-ring (bicyclic) bond motifs is 1. The normalized spacial score (nSPS) is 23.2. The van der Waals surface area contributed by atoms with E-state index >= 15 is 0 Å². The zero-order valence-electron chi connectivity index (χ0n) is 18.6. The summed E-state index contributed by atoms with van der Waals surface area (Å²) in [7, 11) is -1.83. The van der Waals surface area contributed by atoms with Gasteiger partial charge in [0.25, 0.3) is 0 Å². The summed E-state index contributed by atoms with van der Waals surface area (Å²) in [5.74, 6) is 0.618. The van der Waals surface area contributed by atoms with E-state index in [-0.39, 0.29) is 36.9 Å². The van der Waals surface area contributed by atoms with Crippen molar-refractivity contribution in [1.29, 1.82) is 0 Å². The van der Waals surface area contributed by atoms with Gasteiger partial charge in [-0.1, -0.05) is 30.3 Å². The Kier molecular flexibility index (Phi) is 9.25. The minimum atomic E-state index is -3.43. The lowest BCUT2D eigenvalue weighted by molar-refractivity contribution is 0.297. The number of piperidine rings is 1. The van der Waals surface area contributed by atoms with Crippen molar-refractivity contribution >= 4 is 40.3 Å². The summed E-state index contributed by atoms with van der Waals surface area (Å²) in [6.07, 6.45) is 4.10. The van der Waals surface area contributed by atoms with Crippen LogP contribution in [-0.4, -0.2) is 40.4 Å². The molecule has 2 aliphatic rings. The Balaban J connectivity index is 0.00000181. The quantitative estimate of drug-likeness (QED) is 0.554. The topological polar surface area (TPSA) is 79.5 Å². The first-order valence-corrected chi connectivity index (χ1v) is 12.5. The zero-order chi connectivity index (χ0) is 21.3. The predicted molar refractivity (Wildman–Crippen MR) is 135 cm³/mol. The zero-order valence-corrected chi connectivity index (χ0v) is 21.1. The lowest BCUT2D eigenvalue weighted by Crippen LogP contribution is -2.48. The Labute approximate surface area is 203 Å². The number of anilines is 1. The molecule has 32 heavy (non-hydrogen) atoms. The molecular weight excluding hydrogens is 469 g/mol. The van der Waals surface area contributed by atoms with Gasteiger partial charge in [0.05, 0.1) is 7.11 Å². The number of hydrogen-bond acceptors (Lipinski definition) is 6. The van der Waals surface area contributed by atoms with Crippen LogP contribution >= 0.6 is 24.8 Å². The van der Waals surface area contributed by atoms with Gasteiger partial charge in [0, 0.05) is 35.6 Å². The number of rotatable bonds is 6. The van der Waals surface area contributed by atoms with Crippen molar-refractivity contribution in [3.05, 3.63) is 59.2 Å². The van der Waals surface area contributed by atoms with Crippen LogP contribution in [0.5, 0.6) is 5.75 Å². The first kappa shape index (κ1) is 26.7. The Morgan fingerprint density at radius 3 is 2.53 bits per heavy atom. The minimum absolute atomic E-state index is 0. The van der Waals surface area contributed by atoms with E-state index in [1.807, 2.05) is 30.3 Å². The monoisotopic (exact) mass is 501 g/mol. The maximum absolute atomic E-state index is 12.9. The molecule has 0 saturated carbocycles. The van der Waals surface area contributed by atoms with Crippen LogP contribution in [0.25, 0.3) is 0 Å². The predicted octanol–water partition coefficient (Wildman–Crippen LogP) is 4.02. The fraction of sp³-hybridized carbons (Fsp3) is 0.478. The summed E-state index contributed by atoms with van der Waals surface area (Å²) in [4.78, 5) is 0. The molecule has 2 aromatic carbocycles. The van der Waals surface area contributed by atoms with Gasteiger partial charge in [-0.25, -0.2) is 8.42 Å². The molecule has 178 valence electrons. The van der Waals surface area contributed by atoms with E-state index in [1.54, 1.807) is 7.11 Å². The fourth-order valence-electron chi connectivity index (χ4n) is 4.69. The fourth-order valence-corrected chi connectivity index (χ4v) is 5.75. The van der Waals surface area contributed by atoms with E-state index in [1.165, 1.54) is 11.8 Å². The highest BCUT2D eigenvalue weighted by Crippen LogP contribution is 2.38. The molecular formula is C23H33Cl2N3O3S. The highest BCUT2D eigenvalue weighted by molar-refractivity contribution is 7.90. The van der Waals surface area contributed by atoms with Crippen LogP contribution in [0.15, 0.2) is 42.5 Å². The number of ether oxygens (including phenoxy) is 1. The molecule has 9 heteroatoms. The van der Waals surface area contributed by atoms with E-state index in [4.69, 9.17) is 4.74 Å². The van der Waals surface area contributed by atoms with Gasteiger partial charge < -0.3 is 15.4 Å². The van der Waals surface area contributed by atoms with Crippen LogP contribution in [0.3, 0.4) is 0 Å². The van der Waals surface area contributed by atoms with Gasteiger partial charge in [0.15, 0.2) is 9.84 Å². The Morgan fingerprint density at radius 1 is 1.16 bits per heavy atom. The first-order valence-electron chi connectivity index (χ1n) is 10.6. The molecule has 0 aromatic heterocycles. The van der Waals surface area contributed by atoms with Crippen molar-refractivity contribution in [1.82, 2.24) is 10.6 Å². The van der Waals surface area contributed by atoms with Crippen molar-refractivity contribution in [2.75, 3.05) is 25.2 Å². The maximum Gasteiger partial charge on any atom is 0.167 e. The Bertz CT molecular complexity index is 1010. The third-order valence-corrected chi connectivity index (χ3v) is 7.32. The van der Waals surface area contributed by atoms with Gasteiger partial charge in [-0.2, -0.15) is 0 Å². The van der Waals surface area contributed by atoms with E-state index < -0.39 is 15.2 Å². The first-order chi connectivity index (χ1) is 14.4. The molecule has 4 unspecified atom stereocenters. The smallest absolute Gasteiger partial charge is 0.167 e. The van der Waals surface area contributed by atoms with Gasteiger partial charge in [-0.05, 0) is 56.0 Å². The lowest BCUT2D eigenvalue weighted by Gasteiger charge is -2.36. The van der Waals surface area contributed by atoms with E-state index in [0.717, 1.165) is 37.1 Å². The van der Waals surface area contributed by atoms with Gasteiger partial charge in [0.1, 0.15) is 11.1 Å². The van der Waals surface area contributed by atoms with Crippen LogP contribution < -0.4 is 20.7 Å². The second kappa shape index (κ2) is 11.1. The van der Waals surface area contributed by atoms with Gasteiger partial charge in [-0.15, -0.1) is 24.8 Å². The third-order valence-electron chi connectivity index (χ3n) is 6.08. The molecule has 3 N–H and O–H groups in total. The highest BCUT2D eigenvalue weighted by atomic mass is 35.5. The number of benzene rings is 2. The molecule has 0 spiro atoms. The summed E-state index contributed by atoms with van der Waals surface area (Å²) >= 11 is 0. The van der Waals surface area contributed by atoms with Gasteiger partial charge in [-0.3, -0.25) is 5.32 Å². The number of hydrogen-bond donors (Lipinski definition) is 3. The molecule has 4 rings (SSSR count). The standard InChI is InChI=1S/C23H31N3O3S.2ClH/c1-15-12-17-13-21(29-2)18(14-20(17)25-15)23(30(3,27)28)26-19-10-7-11-24-22(19)16-8-5-4-6-9-16;;/h4-6,8-9,13-15,19,22-26H,7,10-12H2,1-3H3;2*1H. The molecule has 2 aromatic rings. The average molecular weight is 503 g/mol. The van der Waals surface area contributed by atoms with Crippen molar-refractivity contribution in [3.63, 3.8) is 0 Å². The molecule has 2 aliphatic heterocycles. The SMILES string of the molecule is COc1cc2c(cc1C(NC1CCCNC1c1ccccc1)S(C)(=O)=O)NC(C)C2.Cl.Cl. The van der Waals surface area contributed by atoms with Gasteiger partial charge in [0.2, 0.25) is 0 Å². The summed E-state index contributed by atoms with van der Waals surface area (Å²) in [5.41, 5.74) is 3.99. The lowest BCUT2D eigenvalue weighted by atomic mass is 9.92. The highest BCUT2D eigenvalue weighted by Gasteiger charge is 2.34. The van der Waals surface area contributed by atoms with Crippen molar-refractivity contribution in [2.45, 2.75) is 49.7 Å². The Hall–Kier alpha value is -1.51.